The van der Waals surface area contributed by atoms with Crippen LogP contribution in [0.2, 0.25) is 0 Å². The fourth-order valence-corrected chi connectivity index (χ4v) is 6.80. The largest absolute Gasteiger partial charge is 0.483 e. The summed E-state index contributed by atoms with van der Waals surface area (Å²) in [6.07, 6.45) is 7.54. The molecule has 6 rings (SSSR count). The maximum absolute atomic E-state index is 13.3. The number of amides is 6. The Labute approximate surface area is 342 Å². The molecule has 2 aliphatic heterocycles. The summed E-state index contributed by atoms with van der Waals surface area (Å²) in [7, 11) is 0. The van der Waals surface area contributed by atoms with Gasteiger partial charge in [0.2, 0.25) is 11.8 Å². The number of carbonyl (C=O) groups excluding carboxylic acids is 6. The van der Waals surface area contributed by atoms with Crippen LogP contribution in [-0.2, 0) is 14.4 Å². The lowest BCUT2D eigenvalue weighted by Gasteiger charge is -2.29. The van der Waals surface area contributed by atoms with E-state index in [-0.39, 0.29) is 54.2 Å². The zero-order valence-corrected chi connectivity index (χ0v) is 33.0. The smallest absolute Gasteiger partial charge is 0.266 e. The first-order valence-electron chi connectivity index (χ1n) is 19.8. The second-order valence-corrected chi connectivity index (χ2v) is 14.5. The number of benzene rings is 3. The van der Waals surface area contributed by atoms with E-state index in [0.717, 1.165) is 60.2 Å². The quantitative estimate of drug-likeness (QED) is 0.0638. The van der Waals surface area contributed by atoms with Crippen LogP contribution in [0.25, 0.3) is 11.3 Å². The number of ether oxygens (including phenoxy) is 1. The van der Waals surface area contributed by atoms with Gasteiger partial charge in [-0.3, -0.25) is 33.7 Å². The van der Waals surface area contributed by atoms with Crippen LogP contribution < -0.4 is 31.3 Å². The molecule has 1 fully saturated rings. The van der Waals surface area contributed by atoms with Crippen LogP contribution >= 0.6 is 0 Å². The van der Waals surface area contributed by atoms with E-state index in [1.807, 2.05) is 43.3 Å². The Morgan fingerprint density at radius 2 is 1.54 bits per heavy atom. The van der Waals surface area contributed by atoms with Gasteiger partial charge in [0.1, 0.15) is 23.9 Å². The lowest BCUT2D eigenvalue weighted by Crippen LogP contribution is -2.51. The van der Waals surface area contributed by atoms with Gasteiger partial charge in [0.05, 0.1) is 23.4 Å². The number of unbranched alkanes of at least 4 members (excludes halogenated alkanes) is 5. The lowest BCUT2D eigenvalue weighted by molar-refractivity contribution is -0.125. The monoisotopic (exact) mass is 800 g/mol. The van der Waals surface area contributed by atoms with Crippen molar-refractivity contribution >= 4 is 46.9 Å². The number of imide groups is 1. The van der Waals surface area contributed by atoms with Crippen molar-refractivity contribution in [2.45, 2.75) is 64.3 Å². The predicted octanol–water partition coefficient (Wildman–Crippen LogP) is 4.97. The molecule has 3 aromatic carbocycles. The fourth-order valence-electron chi connectivity index (χ4n) is 6.80. The first-order chi connectivity index (χ1) is 28.6. The molecule has 59 heavy (non-hydrogen) atoms. The molecule has 2 aliphatic rings. The van der Waals surface area contributed by atoms with Crippen LogP contribution in [0.1, 0.15) is 88.0 Å². The van der Waals surface area contributed by atoms with E-state index < -0.39 is 23.8 Å². The van der Waals surface area contributed by atoms with Gasteiger partial charge in [-0.25, -0.2) is 9.97 Å². The minimum absolute atomic E-state index is 0.0494. The van der Waals surface area contributed by atoms with Gasteiger partial charge in [-0.15, -0.1) is 0 Å². The van der Waals surface area contributed by atoms with Crippen molar-refractivity contribution in [1.29, 1.82) is 0 Å². The molecule has 6 amide bonds. The number of fused-ring (bicyclic) bond motifs is 1. The van der Waals surface area contributed by atoms with Crippen LogP contribution in [0.3, 0.4) is 0 Å². The molecule has 3 heterocycles. The maximum atomic E-state index is 13.3. The fraction of sp³-hybridized carbons (Fsp3) is 0.318. The Balaban J connectivity index is 0.809. The van der Waals surface area contributed by atoms with Gasteiger partial charge in [0, 0.05) is 41.7 Å². The van der Waals surface area contributed by atoms with Gasteiger partial charge in [0.25, 0.3) is 23.6 Å². The normalized spacial score (nSPS) is 14.7. The molecular weight excluding hydrogens is 753 g/mol. The Bertz CT molecular complexity index is 2220. The number of piperidine rings is 1. The number of allylic oxidation sites excluding steroid dienone is 1. The number of carbonyl (C=O) groups is 6. The van der Waals surface area contributed by atoms with Gasteiger partial charge < -0.3 is 31.3 Å². The zero-order chi connectivity index (χ0) is 41.7. The number of aryl methyl sites for hydroxylation is 1. The number of nitrogens with zero attached hydrogens (tertiary/aromatic N) is 3. The average Bonchev–Trinajstić information content (AvgIpc) is 3.49. The first-order valence-corrected chi connectivity index (χ1v) is 19.8. The highest BCUT2D eigenvalue weighted by molar-refractivity contribution is 6.24. The zero-order valence-electron chi connectivity index (χ0n) is 33.0. The van der Waals surface area contributed by atoms with E-state index in [9.17, 15) is 28.8 Å². The number of rotatable bonds is 19. The molecule has 0 radical (unpaired) electrons. The van der Waals surface area contributed by atoms with Crippen LogP contribution in [0.15, 0.2) is 91.4 Å². The molecule has 1 aromatic heterocycles. The third-order valence-corrected chi connectivity index (χ3v) is 9.97. The van der Waals surface area contributed by atoms with E-state index in [1.165, 1.54) is 18.5 Å². The highest BCUT2D eigenvalue weighted by Crippen LogP contribution is 2.34. The molecule has 0 bridgehead atoms. The number of anilines is 2. The molecule has 306 valence electrons. The van der Waals surface area contributed by atoms with Crippen molar-refractivity contribution in [3.05, 3.63) is 114 Å². The van der Waals surface area contributed by atoms with Crippen LogP contribution in [0.4, 0.5) is 11.5 Å². The van der Waals surface area contributed by atoms with Crippen LogP contribution in [0.5, 0.6) is 5.75 Å². The van der Waals surface area contributed by atoms with Crippen molar-refractivity contribution in [1.82, 2.24) is 36.1 Å². The van der Waals surface area contributed by atoms with Crippen molar-refractivity contribution in [3.8, 4) is 17.0 Å². The number of hydrogen-bond acceptors (Lipinski definition) is 10. The van der Waals surface area contributed by atoms with Gasteiger partial charge >= 0.3 is 0 Å². The lowest BCUT2D eigenvalue weighted by atomic mass is 10.0. The number of aromatic nitrogens is 2. The summed E-state index contributed by atoms with van der Waals surface area (Å²) in [4.78, 5) is 86.2. The third-order valence-electron chi connectivity index (χ3n) is 9.97. The molecule has 15 nitrogen and oxygen atoms in total. The summed E-state index contributed by atoms with van der Waals surface area (Å²) in [6.45, 7) is 6.25. The molecule has 0 saturated carbocycles. The van der Waals surface area contributed by atoms with Crippen molar-refractivity contribution in [2.24, 2.45) is 0 Å². The Morgan fingerprint density at radius 3 is 2.29 bits per heavy atom. The van der Waals surface area contributed by atoms with Crippen molar-refractivity contribution in [2.75, 3.05) is 31.6 Å². The highest BCUT2D eigenvalue weighted by Gasteiger charge is 2.45. The molecule has 4 aromatic rings. The van der Waals surface area contributed by atoms with Gasteiger partial charge in [-0.2, -0.15) is 0 Å². The van der Waals surface area contributed by atoms with Crippen LogP contribution in [-0.4, -0.2) is 82.6 Å². The summed E-state index contributed by atoms with van der Waals surface area (Å²) < 4.78 is 5.66. The summed E-state index contributed by atoms with van der Waals surface area (Å²) in [5.41, 5.74) is 4.59. The van der Waals surface area contributed by atoms with E-state index in [2.05, 4.69) is 43.1 Å². The maximum Gasteiger partial charge on any atom is 0.266 e. The molecule has 15 heteroatoms. The SMILES string of the molecule is C=C1CCC(N2C(=O)c3cccc(OCC(=O)NCCCCCCCCNC(=O)CNC(=O)c4cccc(-c5cc(Nc6ccc(C)cc6)ncn5)c4)c3C2=O)C(=O)N1. The highest BCUT2D eigenvalue weighted by atomic mass is 16.5. The second-order valence-electron chi connectivity index (χ2n) is 14.5. The topological polar surface area (TPSA) is 201 Å². The van der Waals surface area contributed by atoms with E-state index in [1.54, 1.807) is 24.3 Å². The molecular formula is C44H48N8O7. The minimum atomic E-state index is -0.937. The summed E-state index contributed by atoms with van der Waals surface area (Å²) in [5, 5.41) is 14.2. The van der Waals surface area contributed by atoms with Gasteiger partial charge in [-0.05, 0) is 69.0 Å². The van der Waals surface area contributed by atoms with E-state index in [0.29, 0.717) is 42.3 Å². The minimum Gasteiger partial charge on any atom is -0.483 e. The Hall–Kier alpha value is -6.90. The number of hydrogen-bond donors (Lipinski definition) is 5. The summed E-state index contributed by atoms with van der Waals surface area (Å²) in [5.74, 6) is -1.90. The standard InChI is InChI=1S/C44H48N8O7/c1-28-15-18-32(19-16-28)51-37-24-34(48-27-49-37)30-11-9-12-31(23-30)41(55)47-25-38(53)45-21-7-5-3-4-6-8-22-46-39(54)26-59-36-14-10-13-33-40(36)44(58)52(43(33)57)35-20-17-29(2)50-42(35)56/h9-16,18-19,23-24,27,35H,2-8,17,20-22,25-26H2,1H3,(H,45,53)(H,46,54)(H,47,55)(H,50,56)(H,48,49,51). The third kappa shape index (κ3) is 11.2. The number of nitrogens with one attached hydrogen (secondary N) is 5. The average molecular weight is 801 g/mol. The Morgan fingerprint density at radius 1 is 0.831 bits per heavy atom. The van der Waals surface area contributed by atoms with Crippen LogP contribution in [0, 0.1) is 6.92 Å². The molecule has 0 aliphatic carbocycles. The predicted molar refractivity (Wildman–Crippen MR) is 221 cm³/mol. The van der Waals surface area contributed by atoms with E-state index >= 15 is 0 Å². The van der Waals surface area contributed by atoms with E-state index in [4.69, 9.17) is 4.74 Å². The Kier molecular flexibility index (Phi) is 14.1. The van der Waals surface area contributed by atoms with Crippen molar-refractivity contribution < 1.29 is 33.5 Å². The summed E-state index contributed by atoms with van der Waals surface area (Å²) >= 11 is 0. The molecule has 0 spiro atoms. The molecule has 1 unspecified atom stereocenters. The van der Waals surface area contributed by atoms with Gasteiger partial charge in [-0.1, -0.05) is 68.2 Å². The van der Waals surface area contributed by atoms with Crippen molar-refractivity contribution in [3.63, 3.8) is 0 Å². The van der Waals surface area contributed by atoms with Gasteiger partial charge in [0.15, 0.2) is 6.61 Å². The second kappa shape index (κ2) is 20.0. The first kappa shape index (κ1) is 41.7. The summed E-state index contributed by atoms with van der Waals surface area (Å²) in [6, 6.07) is 20.5. The molecule has 1 saturated heterocycles. The molecule has 5 N–H and O–H groups in total. The molecule has 1 atom stereocenters.